The average molecular weight is 224 g/mol. The second-order valence-corrected chi connectivity index (χ2v) is 3.55. The summed E-state index contributed by atoms with van der Waals surface area (Å²) in [4.78, 5) is 10.8. The molecule has 1 aliphatic heterocycles. The Kier molecular flexibility index (Phi) is 2.80. The highest BCUT2D eigenvalue weighted by molar-refractivity contribution is 5.76. The topological polar surface area (TPSA) is 76.0 Å². The van der Waals surface area contributed by atoms with Crippen molar-refractivity contribution in [1.82, 2.24) is 0 Å². The molecule has 0 saturated heterocycles. The minimum absolute atomic E-state index is 0.296. The van der Waals surface area contributed by atoms with Crippen molar-refractivity contribution in [3.8, 4) is 5.75 Å². The largest absolute Gasteiger partial charge is 0.496 e. The molecule has 1 atom stereocenters. The molecular weight excluding hydrogens is 212 g/mol. The maximum absolute atomic E-state index is 10.8. The molecule has 0 amide bonds. The van der Waals surface area contributed by atoms with E-state index in [-0.39, 0.29) is 0 Å². The van der Waals surface area contributed by atoms with Gasteiger partial charge < -0.3 is 19.7 Å². The number of fused-ring (bicyclic) bond motifs is 1. The summed E-state index contributed by atoms with van der Waals surface area (Å²) >= 11 is 0. The Balaban J connectivity index is 2.56. The van der Waals surface area contributed by atoms with Crippen molar-refractivity contribution < 1.29 is 24.5 Å². The van der Waals surface area contributed by atoms with Crippen LogP contribution in [-0.4, -0.2) is 23.3 Å². The molecule has 1 aromatic rings. The fourth-order valence-corrected chi connectivity index (χ4v) is 1.86. The molecule has 1 unspecified atom stereocenters. The third-order valence-electron chi connectivity index (χ3n) is 2.65. The Morgan fingerprint density at radius 3 is 2.88 bits per heavy atom. The van der Waals surface area contributed by atoms with Crippen molar-refractivity contribution in [3.05, 3.63) is 28.8 Å². The highest BCUT2D eigenvalue weighted by atomic mass is 16.5. The Morgan fingerprint density at radius 1 is 1.50 bits per heavy atom. The van der Waals surface area contributed by atoms with Gasteiger partial charge in [-0.05, 0) is 17.2 Å². The lowest BCUT2D eigenvalue weighted by molar-refractivity contribution is -0.147. The van der Waals surface area contributed by atoms with Gasteiger partial charge in [0.05, 0.1) is 20.3 Å². The minimum atomic E-state index is -1.58. The fraction of sp³-hybridized carbons (Fsp3) is 0.364. The predicted octanol–water partition coefficient (Wildman–Crippen LogP) is 0.843. The number of hydrogen-bond acceptors (Lipinski definition) is 4. The molecule has 1 heterocycles. The maximum atomic E-state index is 10.8. The number of hydrogen-bond donors (Lipinski definition) is 2. The summed E-state index contributed by atoms with van der Waals surface area (Å²) in [5.74, 6) is -0.919. The predicted molar refractivity (Wildman–Crippen MR) is 54.1 cm³/mol. The number of carboxylic acid groups (broad SMARTS) is 1. The molecular formula is C11H12O5. The maximum Gasteiger partial charge on any atom is 0.337 e. The van der Waals surface area contributed by atoms with E-state index in [2.05, 4.69) is 0 Å². The van der Waals surface area contributed by atoms with Gasteiger partial charge in [-0.15, -0.1) is 0 Å². The van der Waals surface area contributed by atoms with Crippen LogP contribution < -0.4 is 4.74 Å². The first-order chi connectivity index (χ1) is 7.65. The van der Waals surface area contributed by atoms with Crippen LogP contribution in [0.4, 0.5) is 0 Å². The average Bonchev–Trinajstić information content (AvgIpc) is 2.74. The van der Waals surface area contributed by atoms with E-state index in [0.29, 0.717) is 30.1 Å². The molecule has 0 saturated carbocycles. The van der Waals surface area contributed by atoms with E-state index in [0.717, 1.165) is 5.56 Å². The Morgan fingerprint density at radius 2 is 2.25 bits per heavy atom. The number of ether oxygens (including phenoxy) is 2. The minimum Gasteiger partial charge on any atom is -0.496 e. The van der Waals surface area contributed by atoms with Gasteiger partial charge in [0.2, 0.25) is 0 Å². The summed E-state index contributed by atoms with van der Waals surface area (Å²) < 4.78 is 10.3. The normalized spacial score (nSPS) is 15.6. The van der Waals surface area contributed by atoms with Gasteiger partial charge in [-0.1, -0.05) is 6.07 Å². The summed E-state index contributed by atoms with van der Waals surface area (Å²) in [5.41, 5.74) is 1.91. The summed E-state index contributed by atoms with van der Waals surface area (Å²) in [6.45, 7) is 0.755. The van der Waals surface area contributed by atoms with Gasteiger partial charge >= 0.3 is 5.97 Å². The zero-order valence-electron chi connectivity index (χ0n) is 8.77. The van der Waals surface area contributed by atoms with E-state index in [1.54, 1.807) is 6.07 Å². The molecule has 0 spiro atoms. The lowest BCUT2D eigenvalue weighted by atomic mass is 9.98. The lowest BCUT2D eigenvalue weighted by Gasteiger charge is -2.15. The molecule has 0 aliphatic carbocycles. The first kappa shape index (κ1) is 10.9. The second-order valence-electron chi connectivity index (χ2n) is 3.55. The molecule has 16 heavy (non-hydrogen) atoms. The number of rotatable bonds is 3. The van der Waals surface area contributed by atoms with Crippen molar-refractivity contribution in [2.45, 2.75) is 19.3 Å². The SMILES string of the molecule is COc1ccc2c(c1C(O)C(=O)O)COC2. The fourth-order valence-electron chi connectivity index (χ4n) is 1.86. The number of aliphatic carboxylic acids is 1. The Hall–Kier alpha value is -1.59. The van der Waals surface area contributed by atoms with E-state index in [1.807, 2.05) is 6.07 Å². The number of benzene rings is 1. The van der Waals surface area contributed by atoms with E-state index < -0.39 is 12.1 Å². The number of carboxylic acids is 1. The van der Waals surface area contributed by atoms with Crippen molar-refractivity contribution in [3.63, 3.8) is 0 Å². The quantitative estimate of drug-likeness (QED) is 0.795. The van der Waals surface area contributed by atoms with Gasteiger partial charge in [-0.25, -0.2) is 4.79 Å². The molecule has 2 N–H and O–H groups in total. The van der Waals surface area contributed by atoms with Gasteiger partial charge in [0.15, 0.2) is 6.10 Å². The molecule has 1 aliphatic rings. The van der Waals surface area contributed by atoms with Crippen LogP contribution in [0.2, 0.25) is 0 Å². The van der Waals surface area contributed by atoms with Crippen molar-refractivity contribution in [2.75, 3.05) is 7.11 Å². The van der Waals surface area contributed by atoms with Crippen LogP contribution in [0, 0.1) is 0 Å². The molecule has 0 fully saturated rings. The lowest BCUT2D eigenvalue weighted by Crippen LogP contribution is -2.14. The van der Waals surface area contributed by atoms with E-state index in [9.17, 15) is 9.90 Å². The van der Waals surface area contributed by atoms with Gasteiger partial charge in [0.25, 0.3) is 0 Å². The van der Waals surface area contributed by atoms with Gasteiger partial charge in [-0.2, -0.15) is 0 Å². The van der Waals surface area contributed by atoms with Crippen molar-refractivity contribution in [2.24, 2.45) is 0 Å². The number of aliphatic hydroxyl groups is 1. The van der Waals surface area contributed by atoms with E-state index >= 15 is 0 Å². The molecule has 5 heteroatoms. The molecule has 86 valence electrons. The Labute approximate surface area is 92.2 Å². The molecule has 1 aromatic carbocycles. The second kappa shape index (κ2) is 4.11. The van der Waals surface area contributed by atoms with Crippen LogP contribution in [0.5, 0.6) is 5.75 Å². The molecule has 5 nitrogen and oxygen atoms in total. The monoisotopic (exact) mass is 224 g/mol. The highest BCUT2D eigenvalue weighted by Gasteiger charge is 2.27. The van der Waals surface area contributed by atoms with Crippen molar-refractivity contribution in [1.29, 1.82) is 0 Å². The number of carbonyl (C=O) groups is 1. The first-order valence-corrected chi connectivity index (χ1v) is 4.82. The number of methoxy groups -OCH3 is 1. The third kappa shape index (κ3) is 1.64. The third-order valence-corrected chi connectivity index (χ3v) is 2.65. The summed E-state index contributed by atoms with van der Waals surface area (Å²) in [5, 5.41) is 18.5. The summed E-state index contributed by atoms with van der Waals surface area (Å²) in [6, 6.07) is 3.47. The zero-order chi connectivity index (χ0) is 11.7. The molecule has 0 aromatic heterocycles. The molecule has 0 radical (unpaired) electrons. The molecule has 2 rings (SSSR count). The van der Waals surface area contributed by atoms with Crippen LogP contribution >= 0.6 is 0 Å². The highest BCUT2D eigenvalue weighted by Crippen LogP contribution is 2.35. The summed E-state index contributed by atoms with van der Waals surface area (Å²) in [6.07, 6.45) is -1.58. The molecule has 0 bridgehead atoms. The zero-order valence-corrected chi connectivity index (χ0v) is 8.77. The number of aliphatic hydroxyl groups excluding tert-OH is 1. The van der Waals surface area contributed by atoms with Crippen LogP contribution in [-0.2, 0) is 22.7 Å². The van der Waals surface area contributed by atoms with Crippen LogP contribution in [0.1, 0.15) is 22.8 Å². The van der Waals surface area contributed by atoms with Crippen LogP contribution in [0.15, 0.2) is 12.1 Å². The van der Waals surface area contributed by atoms with Gasteiger partial charge in [0.1, 0.15) is 5.75 Å². The first-order valence-electron chi connectivity index (χ1n) is 4.82. The van der Waals surface area contributed by atoms with Gasteiger partial charge in [0, 0.05) is 5.56 Å². The van der Waals surface area contributed by atoms with Crippen molar-refractivity contribution >= 4 is 5.97 Å². The summed E-state index contributed by atoms with van der Waals surface area (Å²) in [7, 11) is 1.44. The standard InChI is InChI=1S/C11H12O5/c1-15-8-3-2-6-4-16-5-7(6)9(8)10(12)11(13)14/h2-3,10,12H,4-5H2,1H3,(H,13,14). The van der Waals surface area contributed by atoms with E-state index in [4.69, 9.17) is 14.6 Å². The van der Waals surface area contributed by atoms with Crippen LogP contribution in [0.3, 0.4) is 0 Å². The van der Waals surface area contributed by atoms with Crippen LogP contribution in [0.25, 0.3) is 0 Å². The van der Waals surface area contributed by atoms with E-state index in [1.165, 1.54) is 7.11 Å². The Bertz CT molecular complexity index is 427. The van der Waals surface area contributed by atoms with Gasteiger partial charge in [-0.3, -0.25) is 0 Å². The smallest absolute Gasteiger partial charge is 0.337 e.